The Balaban J connectivity index is 1.35. The minimum atomic E-state index is -0.326. The molecule has 0 saturated heterocycles. The molecule has 0 unspecified atom stereocenters. The highest BCUT2D eigenvalue weighted by Gasteiger charge is 2.22. The maximum absolute atomic E-state index is 6.29. The van der Waals surface area contributed by atoms with Gasteiger partial charge in [0.2, 0.25) is 0 Å². The molecule has 0 bridgehead atoms. The van der Waals surface area contributed by atoms with Crippen LogP contribution in [0.3, 0.4) is 0 Å². The number of benzene rings is 4. The summed E-state index contributed by atoms with van der Waals surface area (Å²) in [6.07, 6.45) is 1.37. The number of ether oxygens (including phenoxy) is 4. The molecule has 0 fully saturated rings. The molecule has 0 aromatic heterocycles. The molecule has 0 amide bonds. The lowest BCUT2D eigenvalue weighted by molar-refractivity contribution is -0.184. The third kappa shape index (κ3) is 8.84. The fourth-order valence-electron chi connectivity index (χ4n) is 4.40. The van der Waals surface area contributed by atoms with Gasteiger partial charge in [0.25, 0.3) is 0 Å². The van der Waals surface area contributed by atoms with E-state index in [-0.39, 0.29) is 18.3 Å². The van der Waals surface area contributed by atoms with Crippen molar-refractivity contribution in [3.05, 3.63) is 138 Å². The van der Waals surface area contributed by atoms with Gasteiger partial charge in [-0.1, -0.05) is 110 Å². The Labute approximate surface area is 227 Å². The molecular formula is C34H38O4. The Hall–Kier alpha value is -3.44. The second kappa shape index (κ2) is 15.1. The van der Waals surface area contributed by atoms with Crippen LogP contribution in [0.5, 0.6) is 5.75 Å². The third-order valence-electron chi connectivity index (χ3n) is 6.63. The second-order valence-electron chi connectivity index (χ2n) is 9.59. The van der Waals surface area contributed by atoms with Crippen molar-refractivity contribution in [3.63, 3.8) is 0 Å². The number of hydrogen-bond donors (Lipinski definition) is 0. The normalized spacial score (nSPS) is 12.8. The van der Waals surface area contributed by atoms with Crippen molar-refractivity contribution in [1.82, 2.24) is 0 Å². The average molecular weight is 511 g/mol. The van der Waals surface area contributed by atoms with Crippen LogP contribution in [-0.4, -0.2) is 13.4 Å². The van der Waals surface area contributed by atoms with Gasteiger partial charge in [0.15, 0.2) is 6.29 Å². The molecule has 4 heteroatoms. The van der Waals surface area contributed by atoms with Gasteiger partial charge in [-0.3, -0.25) is 0 Å². The first-order valence-electron chi connectivity index (χ1n) is 13.3. The van der Waals surface area contributed by atoms with E-state index in [2.05, 4.69) is 55.5 Å². The SMILES string of the molecule is CO[C@@H](CC[C@H](C)C(OCc1ccccc1)OCc1ccccc1)c1cccc(OCc2ccccc2)c1. The first kappa shape index (κ1) is 27.6. The van der Waals surface area contributed by atoms with Crippen LogP contribution in [-0.2, 0) is 34.0 Å². The molecular weight excluding hydrogens is 472 g/mol. The molecule has 4 rings (SSSR count). The summed E-state index contributed by atoms with van der Waals surface area (Å²) < 4.78 is 24.5. The minimum absolute atomic E-state index is 0.0402. The molecule has 0 N–H and O–H groups in total. The average Bonchev–Trinajstić information content (AvgIpc) is 2.98. The van der Waals surface area contributed by atoms with E-state index in [9.17, 15) is 0 Å². The van der Waals surface area contributed by atoms with E-state index >= 15 is 0 Å². The molecule has 38 heavy (non-hydrogen) atoms. The molecule has 198 valence electrons. The van der Waals surface area contributed by atoms with Crippen LogP contribution in [0.25, 0.3) is 0 Å². The first-order valence-corrected chi connectivity index (χ1v) is 13.3. The van der Waals surface area contributed by atoms with Crippen LogP contribution in [0.1, 0.15) is 48.1 Å². The minimum Gasteiger partial charge on any atom is -0.489 e. The van der Waals surface area contributed by atoms with Crippen LogP contribution in [0.2, 0.25) is 0 Å². The zero-order valence-electron chi connectivity index (χ0n) is 22.4. The lowest BCUT2D eigenvalue weighted by Crippen LogP contribution is -2.26. The predicted molar refractivity (Wildman–Crippen MR) is 152 cm³/mol. The summed E-state index contributed by atoms with van der Waals surface area (Å²) in [6, 6.07) is 38.9. The largest absolute Gasteiger partial charge is 0.489 e. The van der Waals surface area contributed by atoms with Gasteiger partial charge in [-0.2, -0.15) is 0 Å². The summed E-state index contributed by atoms with van der Waals surface area (Å²) in [5.41, 5.74) is 4.52. The Kier molecular flexibility index (Phi) is 11.0. The summed E-state index contributed by atoms with van der Waals surface area (Å²) >= 11 is 0. The maximum Gasteiger partial charge on any atom is 0.160 e. The van der Waals surface area contributed by atoms with Crippen molar-refractivity contribution in [3.8, 4) is 5.75 Å². The molecule has 0 saturated carbocycles. The Morgan fingerprint density at radius 2 is 1.11 bits per heavy atom. The molecule has 0 aliphatic rings. The zero-order chi connectivity index (χ0) is 26.4. The first-order chi connectivity index (χ1) is 18.7. The Morgan fingerprint density at radius 1 is 0.579 bits per heavy atom. The third-order valence-corrected chi connectivity index (χ3v) is 6.63. The van der Waals surface area contributed by atoms with Gasteiger partial charge in [0.1, 0.15) is 12.4 Å². The standard InChI is InChI=1S/C34H38O4/c1-27(34(37-25-29-15-8-4-9-16-29)38-26-30-17-10-5-11-18-30)21-22-33(35-2)31-19-12-20-32(23-31)36-24-28-13-6-3-7-14-28/h3-20,23,27,33-34H,21-22,24-26H2,1-2H3/t27-,33-/m0/s1. The molecule has 4 aromatic carbocycles. The second-order valence-corrected chi connectivity index (χ2v) is 9.59. The predicted octanol–water partition coefficient (Wildman–Crippen LogP) is 8.13. The summed E-state index contributed by atoms with van der Waals surface area (Å²) in [6.45, 7) is 3.75. The zero-order valence-corrected chi connectivity index (χ0v) is 22.4. The van der Waals surface area contributed by atoms with E-state index in [1.54, 1.807) is 7.11 Å². The summed E-state index contributed by atoms with van der Waals surface area (Å²) in [7, 11) is 1.77. The lowest BCUT2D eigenvalue weighted by Gasteiger charge is -2.26. The number of methoxy groups -OCH3 is 1. The van der Waals surface area contributed by atoms with Crippen LogP contribution < -0.4 is 4.74 Å². The van der Waals surface area contributed by atoms with Crippen molar-refractivity contribution in [2.75, 3.05) is 7.11 Å². The van der Waals surface area contributed by atoms with Gasteiger partial charge < -0.3 is 18.9 Å². The van der Waals surface area contributed by atoms with E-state index in [0.717, 1.165) is 40.8 Å². The fraction of sp³-hybridized carbons (Fsp3) is 0.294. The van der Waals surface area contributed by atoms with Gasteiger partial charge in [0, 0.05) is 13.0 Å². The van der Waals surface area contributed by atoms with Gasteiger partial charge in [-0.25, -0.2) is 0 Å². The summed E-state index contributed by atoms with van der Waals surface area (Å²) in [5, 5.41) is 0. The van der Waals surface area contributed by atoms with Crippen molar-refractivity contribution >= 4 is 0 Å². The summed E-state index contributed by atoms with van der Waals surface area (Å²) in [4.78, 5) is 0. The van der Waals surface area contributed by atoms with Gasteiger partial charge in [-0.15, -0.1) is 0 Å². The molecule has 4 aromatic rings. The van der Waals surface area contributed by atoms with Crippen molar-refractivity contribution < 1.29 is 18.9 Å². The highest BCUT2D eigenvalue weighted by atomic mass is 16.7. The number of rotatable bonds is 15. The van der Waals surface area contributed by atoms with Gasteiger partial charge in [0.05, 0.1) is 19.3 Å². The Bertz CT molecular complexity index is 1140. The highest BCUT2D eigenvalue weighted by molar-refractivity contribution is 5.30. The van der Waals surface area contributed by atoms with Crippen molar-refractivity contribution in [2.24, 2.45) is 5.92 Å². The maximum atomic E-state index is 6.29. The summed E-state index contributed by atoms with van der Waals surface area (Å²) in [5.74, 6) is 1.02. The molecule has 0 aliphatic carbocycles. The van der Waals surface area contributed by atoms with Gasteiger partial charge in [-0.05, 0) is 47.2 Å². The van der Waals surface area contributed by atoms with Crippen LogP contribution in [0.4, 0.5) is 0 Å². The van der Waals surface area contributed by atoms with Gasteiger partial charge >= 0.3 is 0 Å². The van der Waals surface area contributed by atoms with E-state index < -0.39 is 0 Å². The van der Waals surface area contributed by atoms with E-state index in [1.807, 2.05) is 66.7 Å². The molecule has 0 aliphatic heterocycles. The van der Waals surface area contributed by atoms with E-state index in [1.165, 1.54) is 0 Å². The molecule has 4 nitrogen and oxygen atoms in total. The molecule has 0 spiro atoms. The topological polar surface area (TPSA) is 36.9 Å². The van der Waals surface area contributed by atoms with Crippen LogP contribution in [0.15, 0.2) is 115 Å². The molecule has 0 radical (unpaired) electrons. The molecule has 2 atom stereocenters. The van der Waals surface area contributed by atoms with Crippen molar-refractivity contribution in [1.29, 1.82) is 0 Å². The van der Waals surface area contributed by atoms with E-state index in [4.69, 9.17) is 18.9 Å². The molecule has 0 heterocycles. The van der Waals surface area contributed by atoms with Crippen LogP contribution in [0, 0.1) is 5.92 Å². The smallest absolute Gasteiger partial charge is 0.160 e. The van der Waals surface area contributed by atoms with Crippen LogP contribution >= 0.6 is 0 Å². The number of hydrogen-bond acceptors (Lipinski definition) is 4. The quantitative estimate of drug-likeness (QED) is 0.151. The van der Waals surface area contributed by atoms with Crippen molar-refractivity contribution in [2.45, 2.75) is 52.0 Å². The fourth-order valence-corrected chi connectivity index (χ4v) is 4.40. The van der Waals surface area contributed by atoms with E-state index in [0.29, 0.717) is 19.8 Å². The Morgan fingerprint density at radius 3 is 1.63 bits per heavy atom. The monoisotopic (exact) mass is 510 g/mol. The lowest BCUT2D eigenvalue weighted by atomic mass is 9.98. The highest BCUT2D eigenvalue weighted by Crippen LogP contribution is 2.29.